The Morgan fingerprint density at radius 2 is 1.45 bits per heavy atom. The lowest BCUT2D eigenvalue weighted by Gasteiger charge is -2.30. The molecule has 0 radical (unpaired) electrons. The molecule has 1 atom stereocenters. The van der Waals surface area contributed by atoms with Crippen molar-refractivity contribution in [1.82, 2.24) is 15.1 Å². The summed E-state index contributed by atoms with van der Waals surface area (Å²) in [5.41, 5.74) is 0. The fraction of sp³-hybridized carbons (Fsp3) is 1.00. The van der Waals surface area contributed by atoms with E-state index in [0.717, 1.165) is 13.1 Å². The third-order valence-electron chi connectivity index (χ3n) is 4.53. The van der Waals surface area contributed by atoms with E-state index in [1.807, 2.05) is 0 Å². The van der Waals surface area contributed by atoms with Gasteiger partial charge in [-0.3, -0.25) is 4.90 Å². The van der Waals surface area contributed by atoms with Crippen LogP contribution in [0.1, 0.15) is 60.8 Å². The molecule has 0 aromatic carbocycles. The minimum atomic E-state index is 0.636. The van der Waals surface area contributed by atoms with Crippen molar-refractivity contribution in [3.8, 4) is 0 Å². The normalized spacial score (nSPS) is 13.7. The molecule has 0 aromatic rings. The van der Waals surface area contributed by atoms with Crippen LogP contribution in [-0.4, -0.2) is 61.2 Å². The van der Waals surface area contributed by atoms with Gasteiger partial charge in [0, 0.05) is 18.6 Å². The van der Waals surface area contributed by atoms with E-state index in [1.165, 1.54) is 45.4 Å². The molecule has 0 amide bonds. The molecule has 0 saturated heterocycles. The molecule has 0 bridgehead atoms. The molecule has 3 heteroatoms. The summed E-state index contributed by atoms with van der Waals surface area (Å²) in [5.74, 6) is 0. The van der Waals surface area contributed by atoms with Gasteiger partial charge >= 0.3 is 0 Å². The van der Waals surface area contributed by atoms with Gasteiger partial charge in [-0.25, -0.2) is 0 Å². The zero-order valence-corrected chi connectivity index (χ0v) is 14.9. The molecule has 0 fully saturated rings. The van der Waals surface area contributed by atoms with Gasteiger partial charge in [0.05, 0.1) is 0 Å². The number of hydrogen-bond donors (Lipinski definition) is 1. The molecule has 0 aromatic heterocycles. The van der Waals surface area contributed by atoms with E-state index in [1.54, 1.807) is 0 Å². The summed E-state index contributed by atoms with van der Waals surface area (Å²) in [6.07, 6.45) is 3.75. The number of nitrogens with one attached hydrogen (secondary N) is 1. The monoisotopic (exact) mass is 285 g/mol. The molecular weight excluding hydrogens is 246 g/mol. The van der Waals surface area contributed by atoms with E-state index >= 15 is 0 Å². The first-order chi connectivity index (χ1) is 9.62. The van der Waals surface area contributed by atoms with Crippen LogP contribution in [-0.2, 0) is 0 Å². The Morgan fingerprint density at radius 1 is 0.850 bits per heavy atom. The second-order valence-corrected chi connectivity index (χ2v) is 5.78. The maximum Gasteiger partial charge on any atom is 0.0192 e. The van der Waals surface area contributed by atoms with Gasteiger partial charge in [-0.15, -0.1) is 0 Å². The Morgan fingerprint density at radius 3 is 1.90 bits per heavy atom. The van der Waals surface area contributed by atoms with Crippen molar-refractivity contribution >= 4 is 0 Å². The lowest BCUT2D eigenvalue weighted by Crippen LogP contribution is -2.44. The van der Waals surface area contributed by atoms with Crippen LogP contribution in [0, 0.1) is 0 Å². The van der Waals surface area contributed by atoms with Gasteiger partial charge in [-0.05, 0) is 58.9 Å². The molecule has 0 spiro atoms. The Bertz CT molecular complexity index is 200. The minimum absolute atomic E-state index is 0.636. The molecule has 0 aliphatic rings. The first kappa shape index (κ1) is 19.9. The fourth-order valence-electron chi connectivity index (χ4n) is 2.77. The highest BCUT2D eigenvalue weighted by atomic mass is 15.2. The van der Waals surface area contributed by atoms with E-state index in [2.05, 4.69) is 56.7 Å². The van der Waals surface area contributed by atoms with E-state index in [0.29, 0.717) is 12.1 Å². The van der Waals surface area contributed by atoms with Crippen LogP contribution in [0.5, 0.6) is 0 Å². The Hall–Kier alpha value is -0.120. The Labute approximate surface area is 128 Å². The van der Waals surface area contributed by atoms with Gasteiger partial charge in [0.25, 0.3) is 0 Å². The average Bonchev–Trinajstić information content (AvgIpc) is 2.48. The van der Waals surface area contributed by atoms with Crippen molar-refractivity contribution in [3.05, 3.63) is 0 Å². The fourth-order valence-corrected chi connectivity index (χ4v) is 2.77. The number of hydrogen-bond acceptors (Lipinski definition) is 3. The summed E-state index contributed by atoms with van der Waals surface area (Å²) in [6, 6.07) is 1.32. The third kappa shape index (κ3) is 8.23. The number of nitrogens with zero attached hydrogens (tertiary/aromatic N) is 2. The largest absolute Gasteiger partial charge is 0.312 e. The highest BCUT2D eigenvalue weighted by Crippen LogP contribution is 2.03. The minimum Gasteiger partial charge on any atom is -0.312 e. The molecule has 0 aliphatic carbocycles. The van der Waals surface area contributed by atoms with Crippen LogP contribution in [0.2, 0.25) is 0 Å². The molecule has 20 heavy (non-hydrogen) atoms. The van der Waals surface area contributed by atoms with Crippen LogP contribution in [0.15, 0.2) is 0 Å². The number of likely N-dealkylation sites (N-methyl/N-ethyl adjacent to an activating group) is 1. The van der Waals surface area contributed by atoms with Gasteiger partial charge in [-0.1, -0.05) is 34.6 Å². The SMILES string of the molecule is CCC(CC)NCC(C)N(CC)CCCN(CC)CC. The van der Waals surface area contributed by atoms with E-state index in [-0.39, 0.29) is 0 Å². The van der Waals surface area contributed by atoms with Crippen LogP contribution >= 0.6 is 0 Å². The summed E-state index contributed by atoms with van der Waals surface area (Å²) in [7, 11) is 0. The second-order valence-electron chi connectivity index (χ2n) is 5.78. The Balaban J connectivity index is 3.98. The zero-order chi connectivity index (χ0) is 15.4. The van der Waals surface area contributed by atoms with Gasteiger partial charge < -0.3 is 10.2 Å². The molecular formula is C17H39N3. The van der Waals surface area contributed by atoms with Crippen LogP contribution < -0.4 is 5.32 Å². The lowest BCUT2D eigenvalue weighted by atomic mass is 10.1. The predicted octanol–water partition coefficient (Wildman–Crippen LogP) is 3.21. The second kappa shape index (κ2) is 12.6. The molecule has 0 heterocycles. The maximum absolute atomic E-state index is 3.70. The highest BCUT2D eigenvalue weighted by molar-refractivity contribution is 4.72. The van der Waals surface area contributed by atoms with Crippen molar-refractivity contribution in [1.29, 1.82) is 0 Å². The van der Waals surface area contributed by atoms with E-state index < -0.39 is 0 Å². The summed E-state index contributed by atoms with van der Waals surface area (Å²) < 4.78 is 0. The molecule has 0 saturated carbocycles. The predicted molar refractivity (Wildman–Crippen MR) is 91.5 cm³/mol. The van der Waals surface area contributed by atoms with Gasteiger partial charge in [-0.2, -0.15) is 0 Å². The molecule has 0 rings (SSSR count). The van der Waals surface area contributed by atoms with Crippen molar-refractivity contribution in [2.75, 3.05) is 39.3 Å². The first-order valence-corrected chi connectivity index (χ1v) is 8.82. The quantitative estimate of drug-likeness (QED) is 0.560. The molecule has 3 nitrogen and oxygen atoms in total. The number of rotatable bonds is 13. The average molecular weight is 286 g/mol. The van der Waals surface area contributed by atoms with Crippen LogP contribution in [0.4, 0.5) is 0 Å². The zero-order valence-electron chi connectivity index (χ0n) is 14.9. The summed E-state index contributed by atoms with van der Waals surface area (Å²) >= 11 is 0. The third-order valence-corrected chi connectivity index (χ3v) is 4.53. The Kier molecular flexibility index (Phi) is 12.5. The standard InChI is InChI=1S/C17H39N3/c1-7-17(8-2)18-15-16(6)20(11-5)14-12-13-19(9-3)10-4/h16-18H,7-15H2,1-6H3. The molecule has 0 aliphatic heterocycles. The van der Waals surface area contributed by atoms with Crippen molar-refractivity contribution in [3.63, 3.8) is 0 Å². The summed E-state index contributed by atoms with van der Waals surface area (Å²) in [5, 5.41) is 3.70. The first-order valence-electron chi connectivity index (χ1n) is 8.82. The topological polar surface area (TPSA) is 18.5 Å². The summed E-state index contributed by atoms with van der Waals surface area (Å²) in [6.45, 7) is 20.8. The van der Waals surface area contributed by atoms with E-state index in [9.17, 15) is 0 Å². The van der Waals surface area contributed by atoms with Crippen molar-refractivity contribution in [2.24, 2.45) is 0 Å². The smallest absolute Gasteiger partial charge is 0.0192 e. The lowest BCUT2D eigenvalue weighted by molar-refractivity contribution is 0.192. The van der Waals surface area contributed by atoms with E-state index in [4.69, 9.17) is 0 Å². The van der Waals surface area contributed by atoms with Gasteiger partial charge in [0.15, 0.2) is 0 Å². The maximum atomic E-state index is 3.70. The van der Waals surface area contributed by atoms with Crippen LogP contribution in [0.25, 0.3) is 0 Å². The van der Waals surface area contributed by atoms with Gasteiger partial charge in [0.1, 0.15) is 0 Å². The van der Waals surface area contributed by atoms with Gasteiger partial charge in [0.2, 0.25) is 0 Å². The van der Waals surface area contributed by atoms with Crippen LogP contribution in [0.3, 0.4) is 0 Å². The highest BCUT2D eigenvalue weighted by Gasteiger charge is 2.13. The van der Waals surface area contributed by atoms with Crippen molar-refractivity contribution in [2.45, 2.75) is 72.9 Å². The molecule has 1 N–H and O–H groups in total. The molecule has 122 valence electrons. The summed E-state index contributed by atoms with van der Waals surface area (Å²) in [4.78, 5) is 5.12. The molecule has 1 unspecified atom stereocenters. The van der Waals surface area contributed by atoms with Crippen molar-refractivity contribution < 1.29 is 0 Å².